The minimum Gasteiger partial charge on any atom is -0.390 e. The highest BCUT2D eigenvalue weighted by Crippen LogP contribution is 2.41. The van der Waals surface area contributed by atoms with Gasteiger partial charge in [-0.15, -0.1) is 0 Å². The van der Waals surface area contributed by atoms with Crippen molar-refractivity contribution in [2.75, 3.05) is 13.2 Å². The molecule has 1 saturated heterocycles. The van der Waals surface area contributed by atoms with Crippen LogP contribution in [-0.2, 0) is 4.74 Å². The summed E-state index contributed by atoms with van der Waals surface area (Å²) in [5, 5.41) is 10.8. The molecule has 0 amide bonds. The molecule has 1 aromatic carbocycles. The largest absolute Gasteiger partial charge is 0.390 e. The highest BCUT2D eigenvalue weighted by atomic mass is 16.5. The summed E-state index contributed by atoms with van der Waals surface area (Å²) in [5.41, 5.74) is 1.04. The van der Waals surface area contributed by atoms with E-state index in [1.807, 2.05) is 0 Å². The van der Waals surface area contributed by atoms with Crippen molar-refractivity contribution in [3.8, 4) is 0 Å². The monoisotopic (exact) mass is 274 g/mol. The van der Waals surface area contributed by atoms with E-state index in [1.54, 1.807) is 0 Å². The fourth-order valence-electron chi connectivity index (χ4n) is 3.91. The van der Waals surface area contributed by atoms with Gasteiger partial charge in [-0.25, -0.2) is 0 Å². The van der Waals surface area contributed by atoms with Crippen molar-refractivity contribution in [2.45, 2.75) is 56.5 Å². The van der Waals surface area contributed by atoms with Crippen molar-refractivity contribution in [3.05, 3.63) is 35.9 Å². The number of aliphatic hydroxyl groups is 1. The number of hydrogen-bond donors (Lipinski definition) is 1. The summed E-state index contributed by atoms with van der Waals surface area (Å²) >= 11 is 0. The van der Waals surface area contributed by atoms with Crippen LogP contribution in [0.4, 0.5) is 0 Å². The Morgan fingerprint density at radius 3 is 2.30 bits per heavy atom. The second-order valence-electron chi connectivity index (χ2n) is 6.67. The first-order chi connectivity index (χ1) is 9.75. The number of hydrogen-bond acceptors (Lipinski definition) is 2. The molecule has 0 spiro atoms. The highest BCUT2D eigenvalue weighted by molar-refractivity contribution is 5.20. The summed E-state index contributed by atoms with van der Waals surface area (Å²) < 4.78 is 5.42. The summed E-state index contributed by atoms with van der Waals surface area (Å²) in [7, 11) is 0. The molecule has 1 N–H and O–H groups in total. The minimum absolute atomic E-state index is 0.409. The predicted molar refractivity (Wildman–Crippen MR) is 80.8 cm³/mol. The smallest absolute Gasteiger partial charge is 0.0651 e. The molecular formula is C18H26O2. The molecule has 2 aliphatic rings. The maximum absolute atomic E-state index is 10.8. The third-order valence-electron chi connectivity index (χ3n) is 5.20. The van der Waals surface area contributed by atoms with Crippen LogP contribution in [0.3, 0.4) is 0 Å². The topological polar surface area (TPSA) is 29.5 Å². The Morgan fingerprint density at radius 2 is 1.65 bits per heavy atom. The molecular weight excluding hydrogens is 248 g/mol. The van der Waals surface area contributed by atoms with Gasteiger partial charge < -0.3 is 9.84 Å². The summed E-state index contributed by atoms with van der Waals surface area (Å²) in [6.45, 7) is 1.76. The van der Waals surface area contributed by atoms with Gasteiger partial charge in [0.05, 0.1) is 5.60 Å². The van der Waals surface area contributed by atoms with Crippen LogP contribution in [0.5, 0.6) is 0 Å². The summed E-state index contributed by atoms with van der Waals surface area (Å²) in [6, 6.07) is 10.8. The SMILES string of the molecule is OC1(CC2CCOCC2)CCC(c2ccccc2)CC1. The molecule has 2 heteroatoms. The zero-order chi connectivity index (χ0) is 13.8. The lowest BCUT2D eigenvalue weighted by atomic mass is 9.72. The molecule has 20 heavy (non-hydrogen) atoms. The fourth-order valence-corrected chi connectivity index (χ4v) is 3.91. The van der Waals surface area contributed by atoms with E-state index >= 15 is 0 Å². The van der Waals surface area contributed by atoms with Gasteiger partial charge in [0.1, 0.15) is 0 Å². The zero-order valence-electron chi connectivity index (χ0n) is 12.3. The third kappa shape index (κ3) is 3.42. The van der Waals surface area contributed by atoms with E-state index in [0.29, 0.717) is 11.8 Å². The first kappa shape index (κ1) is 14.1. The molecule has 110 valence electrons. The Morgan fingerprint density at radius 1 is 1.00 bits per heavy atom. The van der Waals surface area contributed by atoms with E-state index in [1.165, 1.54) is 5.56 Å². The van der Waals surface area contributed by atoms with Crippen LogP contribution in [0.15, 0.2) is 30.3 Å². The number of ether oxygens (including phenoxy) is 1. The van der Waals surface area contributed by atoms with E-state index in [-0.39, 0.29) is 0 Å². The van der Waals surface area contributed by atoms with Gasteiger partial charge in [-0.05, 0) is 62.3 Å². The predicted octanol–water partition coefficient (Wildman–Crippen LogP) is 3.89. The molecule has 2 fully saturated rings. The van der Waals surface area contributed by atoms with Gasteiger partial charge in [0.15, 0.2) is 0 Å². The van der Waals surface area contributed by atoms with Crippen molar-refractivity contribution in [1.82, 2.24) is 0 Å². The van der Waals surface area contributed by atoms with Crippen LogP contribution < -0.4 is 0 Å². The number of benzene rings is 1. The zero-order valence-corrected chi connectivity index (χ0v) is 12.3. The molecule has 1 aliphatic heterocycles. The molecule has 0 atom stereocenters. The van der Waals surface area contributed by atoms with Crippen molar-refractivity contribution in [1.29, 1.82) is 0 Å². The Labute approximate surface area is 122 Å². The summed E-state index contributed by atoms with van der Waals surface area (Å²) in [6.07, 6.45) is 7.42. The lowest BCUT2D eigenvalue weighted by Gasteiger charge is -2.39. The van der Waals surface area contributed by atoms with Crippen LogP contribution in [0.2, 0.25) is 0 Å². The molecule has 0 aromatic heterocycles. The standard InChI is InChI=1S/C18H26O2/c19-18(14-15-8-12-20-13-9-15)10-6-17(7-11-18)16-4-2-1-3-5-16/h1-5,15,17,19H,6-14H2. The van der Waals surface area contributed by atoms with Crippen LogP contribution in [0.1, 0.15) is 56.4 Å². The molecule has 0 unspecified atom stereocenters. The van der Waals surface area contributed by atoms with Gasteiger partial charge >= 0.3 is 0 Å². The maximum Gasteiger partial charge on any atom is 0.0651 e. The molecule has 1 heterocycles. The number of rotatable bonds is 3. The van der Waals surface area contributed by atoms with Gasteiger partial charge in [0, 0.05) is 13.2 Å². The third-order valence-corrected chi connectivity index (χ3v) is 5.20. The van der Waals surface area contributed by atoms with Gasteiger partial charge in [-0.2, -0.15) is 0 Å². The molecule has 1 saturated carbocycles. The van der Waals surface area contributed by atoms with Crippen LogP contribution in [-0.4, -0.2) is 23.9 Å². The van der Waals surface area contributed by atoms with Crippen molar-refractivity contribution in [3.63, 3.8) is 0 Å². The van der Waals surface area contributed by atoms with Crippen molar-refractivity contribution >= 4 is 0 Å². The molecule has 1 aliphatic carbocycles. The summed E-state index contributed by atoms with van der Waals surface area (Å²) in [4.78, 5) is 0. The average molecular weight is 274 g/mol. The van der Waals surface area contributed by atoms with E-state index in [4.69, 9.17) is 4.74 Å². The van der Waals surface area contributed by atoms with E-state index < -0.39 is 5.60 Å². The lowest BCUT2D eigenvalue weighted by molar-refractivity contribution is -0.0390. The van der Waals surface area contributed by atoms with Crippen molar-refractivity contribution < 1.29 is 9.84 Å². The lowest BCUT2D eigenvalue weighted by Crippen LogP contribution is -2.37. The minimum atomic E-state index is -0.409. The van der Waals surface area contributed by atoms with Crippen LogP contribution in [0.25, 0.3) is 0 Å². The first-order valence-corrected chi connectivity index (χ1v) is 8.10. The second-order valence-corrected chi connectivity index (χ2v) is 6.67. The molecule has 2 nitrogen and oxygen atoms in total. The first-order valence-electron chi connectivity index (χ1n) is 8.10. The normalized spacial score (nSPS) is 32.1. The summed E-state index contributed by atoms with van der Waals surface area (Å²) in [5.74, 6) is 1.31. The highest BCUT2D eigenvalue weighted by Gasteiger charge is 2.35. The quantitative estimate of drug-likeness (QED) is 0.906. The molecule has 1 aromatic rings. The van der Waals surface area contributed by atoms with Gasteiger partial charge in [-0.1, -0.05) is 30.3 Å². The Balaban J connectivity index is 1.54. The molecule has 0 radical (unpaired) electrons. The van der Waals surface area contributed by atoms with E-state index in [0.717, 1.165) is 58.2 Å². The fraction of sp³-hybridized carbons (Fsp3) is 0.667. The van der Waals surface area contributed by atoms with Crippen LogP contribution >= 0.6 is 0 Å². The van der Waals surface area contributed by atoms with E-state index in [9.17, 15) is 5.11 Å². The Kier molecular flexibility index (Phi) is 4.42. The van der Waals surface area contributed by atoms with E-state index in [2.05, 4.69) is 30.3 Å². The van der Waals surface area contributed by atoms with Crippen molar-refractivity contribution in [2.24, 2.45) is 5.92 Å². The van der Waals surface area contributed by atoms with Crippen LogP contribution in [0, 0.1) is 5.92 Å². The maximum atomic E-state index is 10.8. The van der Waals surface area contributed by atoms with Gasteiger partial charge in [0.2, 0.25) is 0 Å². The Bertz CT molecular complexity index is 401. The molecule has 0 bridgehead atoms. The van der Waals surface area contributed by atoms with Gasteiger partial charge in [-0.3, -0.25) is 0 Å². The molecule has 3 rings (SSSR count). The van der Waals surface area contributed by atoms with Gasteiger partial charge in [0.25, 0.3) is 0 Å². The Hall–Kier alpha value is -0.860. The second kappa shape index (κ2) is 6.28. The average Bonchev–Trinajstić information content (AvgIpc) is 2.50.